The molecular weight excluding hydrogens is 362 g/mol. The number of nitrogens with zero attached hydrogens (tertiary/aromatic N) is 2. The first-order valence-corrected chi connectivity index (χ1v) is 9.39. The molecule has 0 saturated carbocycles. The first kappa shape index (κ1) is 18.4. The van der Waals surface area contributed by atoms with Crippen molar-refractivity contribution in [1.29, 1.82) is 0 Å². The van der Waals surface area contributed by atoms with Crippen molar-refractivity contribution in [2.45, 2.75) is 6.42 Å². The number of carbonyl (C=O) groups excluding carboxylic acids is 1. The van der Waals surface area contributed by atoms with Crippen LogP contribution in [0.2, 0.25) is 0 Å². The number of aromatic amines is 1. The first-order valence-electron chi connectivity index (χ1n) is 9.39. The lowest BCUT2D eigenvalue weighted by Gasteiger charge is -2.09. The van der Waals surface area contributed by atoms with Crippen LogP contribution < -0.4 is 11.1 Å². The Morgan fingerprint density at radius 1 is 1.00 bits per heavy atom. The number of nitrogens with two attached hydrogens (primary N) is 1. The van der Waals surface area contributed by atoms with E-state index < -0.39 is 0 Å². The highest BCUT2D eigenvalue weighted by Crippen LogP contribution is 2.27. The van der Waals surface area contributed by atoms with Crippen molar-refractivity contribution < 1.29 is 4.79 Å². The average molecular weight is 383 g/mol. The van der Waals surface area contributed by atoms with Gasteiger partial charge in [-0.25, -0.2) is 0 Å². The highest BCUT2D eigenvalue weighted by atomic mass is 16.1. The maximum atomic E-state index is 12.8. The Labute approximate surface area is 168 Å². The molecule has 0 aliphatic carbocycles. The molecule has 29 heavy (non-hydrogen) atoms. The summed E-state index contributed by atoms with van der Waals surface area (Å²) < 4.78 is 0. The highest BCUT2D eigenvalue weighted by molar-refractivity contribution is 6.00. The molecule has 0 atom stereocenters. The third-order valence-electron chi connectivity index (χ3n) is 4.61. The molecule has 1 amide bonds. The number of carbonyl (C=O) groups is 1. The summed E-state index contributed by atoms with van der Waals surface area (Å²) in [6, 6.07) is 22.7. The summed E-state index contributed by atoms with van der Waals surface area (Å²) in [6.45, 7) is 0.516. The second kappa shape index (κ2) is 8.39. The van der Waals surface area contributed by atoms with Crippen LogP contribution in [0.3, 0.4) is 0 Å². The number of amides is 1. The molecule has 4 aromatic rings. The van der Waals surface area contributed by atoms with Crippen LogP contribution >= 0.6 is 0 Å². The first-order chi connectivity index (χ1) is 14.2. The number of aromatic nitrogens is 3. The fourth-order valence-corrected chi connectivity index (χ4v) is 3.17. The molecule has 0 saturated heterocycles. The Bertz CT molecular complexity index is 1120. The van der Waals surface area contributed by atoms with Gasteiger partial charge in [-0.05, 0) is 36.4 Å². The van der Waals surface area contributed by atoms with Gasteiger partial charge in [0.15, 0.2) is 0 Å². The number of nitrogens with one attached hydrogen (secondary N) is 2. The largest absolute Gasteiger partial charge is 0.399 e. The maximum Gasteiger partial charge on any atom is 0.251 e. The zero-order valence-corrected chi connectivity index (χ0v) is 15.8. The van der Waals surface area contributed by atoms with Crippen molar-refractivity contribution in [3.63, 3.8) is 0 Å². The van der Waals surface area contributed by atoms with Gasteiger partial charge >= 0.3 is 0 Å². The lowest BCUT2D eigenvalue weighted by molar-refractivity contribution is 0.0954. The maximum absolute atomic E-state index is 12.8. The van der Waals surface area contributed by atoms with Crippen LogP contribution in [0.25, 0.3) is 22.5 Å². The molecule has 144 valence electrons. The second-order valence-corrected chi connectivity index (χ2v) is 6.66. The van der Waals surface area contributed by atoms with E-state index in [9.17, 15) is 4.79 Å². The average Bonchev–Trinajstić information content (AvgIpc) is 3.25. The van der Waals surface area contributed by atoms with E-state index >= 15 is 0 Å². The number of benzene rings is 2. The summed E-state index contributed by atoms with van der Waals surface area (Å²) in [6.07, 6.45) is 2.43. The van der Waals surface area contributed by atoms with Crippen molar-refractivity contribution in [1.82, 2.24) is 20.5 Å². The van der Waals surface area contributed by atoms with E-state index in [4.69, 9.17) is 5.73 Å². The van der Waals surface area contributed by atoms with Crippen LogP contribution in [0.4, 0.5) is 5.69 Å². The number of anilines is 1. The monoisotopic (exact) mass is 383 g/mol. The summed E-state index contributed by atoms with van der Waals surface area (Å²) in [4.78, 5) is 17.0. The number of H-pyrrole nitrogens is 1. The van der Waals surface area contributed by atoms with Gasteiger partial charge in [0, 0.05) is 47.2 Å². The summed E-state index contributed by atoms with van der Waals surface area (Å²) in [7, 11) is 0. The zero-order chi connectivity index (χ0) is 20.1. The van der Waals surface area contributed by atoms with Crippen molar-refractivity contribution >= 4 is 11.6 Å². The summed E-state index contributed by atoms with van der Waals surface area (Å²) in [5, 5.41) is 10.4. The van der Waals surface area contributed by atoms with Gasteiger partial charge in [-0.1, -0.05) is 36.4 Å². The van der Waals surface area contributed by atoms with Crippen LogP contribution in [0.15, 0.2) is 79.0 Å². The van der Waals surface area contributed by atoms with Crippen LogP contribution in [-0.2, 0) is 6.42 Å². The molecule has 2 heterocycles. The Balaban J connectivity index is 1.52. The second-order valence-electron chi connectivity index (χ2n) is 6.66. The molecule has 0 radical (unpaired) electrons. The number of rotatable bonds is 6. The molecule has 2 aromatic heterocycles. The predicted octanol–water partition coefficient (Wildman–Crippen LogP) is 3.69. The van der Waals surface area contributed by atoms with E-state index in [1.54, 1.807) is 6.20 Å². The quantitative estimate of drug-likeness (QED) is 0.442. The van der Waals surface area contributed by atoms with E-state index in [0.717, 1.165) is 28.2 Å². The fourth-order valence-electron chi connectivity index (χ4n) is 3.17. The topological polar surface area (TPSA) is 96.7 Å². The number of hydrogen-bond acceptors (Lipinski definition) is 4. The van der Waals surface area contributed by atoms with Gasteiger partial charge in [0.25, 0.3) is 5.91 Å². The zero-order valence-electron chi connectivity index (χ0n) is 15.8. The fraction of sp³-hybridized carbons (Fsp3) is 0.0870. The molecule has 0 spiro atoms. The van der Waals surface area contributed by atoms with E-state index in [-0.39, 0.29) is 5.91 Å². The van der Waals surface area contributed by atoms with Gasteiger partial charge in [0.1, 0.15) is 0 Å². The minimum atomic E-state index is -0.128. The van der Waals surface area contributed by atoms with Crippen molar-refractivity contribution in [3.05, 3.63) is 90.3 Å². The lowest BCUT2D eigenvalue weighted by Crippen LogP contribution is -2.26. The molecule has 0 aliphatic rings. The minimum Gasteiger partial charge on any atom is -0.399 e. The molecular formula is C23H21N5O. The molecule has 0 bridgehead atoms. The van der Waals surface area contributed by atoms with E-state index in [2.05, 4.69) is 20.5 Å². The van der Waals surface area contributed by atoms with E-state index in [1.807, 2.05) is 72.8 Å². The summed E-state index contributed by atoms with van der Waals surface area (Å²) in [5.41, 5.74) is 11.4. The molecule has 4 rings (SSSR count). The predicted molar refractivity (Wildman–Crippen MR) is 114 cm³/mol. The van der Waals surface area contributed by atoms with Crippen LogP contribution in [0, 0.1) is 0 Å². The van der Waals surface area contributed by atoms with Gasteiger partial charge in [0.05, 0.1) is 11.4 Å². The van der Waals surface area contributed by atoms with Crippen molar-refractivity contribution in [3.8, 4) is 22.5 Å². The van der Waals surface area contributed by atoms with Gasteiger partial charge in [0.2, 0.25) is 0 Å². The lowest BCUT2D eigenvalue weighted by atomic mass is 10.0. The molecule has 4 N–H and O–H groups in total. The highest BCUT2D eigenvalue weighted by Gasteiger charge is 2.14. The van der Waals surface area contributed by atoms with Crippen molar-refractivity contribution in [2.75, 3.05) is 12.3 Å². The number of hydrogen-bond donors (Lipinski definition) is 3. The molecule has 6 nitrogen and oxygen atoms in total. The van der Waals surface area contributed by atoms with Gasteiger partial charge < -0.3 is 11.1 Å². The van der Waals surface area contributed by atoms with Crippen LogP contribution in [0.1, 0.15) is 16.1 Å². The summed E-state index contributed by atoms with van der Waals surface area (Å²) in [5.74, 6) is -0.128. The molecule has 0 unspecified atom stereocenters. The standard InChI is InChI=1S/C23H21N5O/c24-17-7-5-6-16(14-17)21-15-22(28-27-21)19-9-1-2-10-20(19)23(29)26-13-11-18-8-3-4-12-25-18/h1-10,12,14-15H,11,13,24H2,(H,26,29)(H,27,28). The minimum absolute atomic E-state index is 0.128. The third-order valence-corrected chi connectivity index (χ3v) is 4.61. The van der Waals surface area contributed by atoms with Crippen LogP contribution in [-0.4, -0.2) is 27.6 Å². The molecule has 6 heteroatoms. The van der Waals surface area contributed by atoms with Gasteiger partial charge in [-0.2, -0.15) is 5.10 Å². The molecule has 2 aromatic carbocycles. The molecule has 0 fully saturated rings. The molecule has 0 aliphatic heterocycles. The Hall–Kier alpha value is -3.93. The Kier molecular flexibility index (Phi) is 5.33. The van der Waals surface area contributed by atoms with Crippen molar-refractivity contribution in [2.24, 2.45) is 0 Å². The SMILES string of the molecule is Nc1cccc(-c2cc(-c3ccccc3C(=O)NCCc3ccccn3)[nH]n2)c1. The Morgan fingerprint density at radius 2 is 1.86 bits per heavy atom. The van der Waals surface area contributed by atoms with Gasteiger partial charge in [-0.15, -0.1) is 0 Å². The Morgan fingerprint density at radius 3 is 2.69 bits per heavy atom. The third kappa shape index (κ3) is 4.32. The van der Waals surface area contributed by atoms with Crippen LogP contribution in [0.5, 0.6) is 0 Å². The smallest absolute Gasteiger partial charge is 0.251 e. The van der Waals surface area contributed by atoms with E-state index in [0.29, 0.717) is 24.2 Å². The number of pyridine rings is 1. The number of nitrogen functional groups attached to an aromatic ring is 1. The van der Waals surface area contributed by atoms with Gasteiger partial charge in [-0.3, -0.25) is 14.9 Å². The normalized spacial score (nSPS) is 10.6. The van der Waals surface area contributed by atoms with E-state index in [1.165, 1.54) is 0 Å². The summed E-state index contributed by atoms with van der Waals surface area (Å²) >= 11 is 0.